The second-order valence-electron chi connectivity index (χ2n) is 9.49. The highest BCUT2D eigenvalue weighted by Gasteiger charge is 2.41. The smallest absolute Gasteiger partial charge is 0.409 e. The number of carbonyl (C=O) groups excluding carboxylic acids is 1. The second-order valence-corrected chi connectivity index (χ2v) is 9.49. The molecule has 1 unspecified atom stereocenters. The van der Waals surface area contributed by atoms with Gasteiger partial charge in [0.2, 0.25) is 5.79 Å². The van der Waals surface area contributed by atoms with Gasteiger partial charge in [0.05, 0.1) is 13.0 Å². The molecule has 0 aromatic heterocycles. The molecule has 0 saturated heterocycles. The number of carboxylic acids is 1. The molecule has 1 fully saturated rings. The van der Waals surface area contributed by atoms with Gasteiger partial charge in [-0.3, -0.25) is 4.79 Å². The molecular formula is C23H43NO5. The number of hydrogen-bond acceptors (Lipinski definition) is 4. The van der Waals surface area contributed by atoms with Crippen molar-refractivity contribution in [3.05, 3.63) is 0 Å². The first kappa shape index (κ1) is 25.7. The van der Waals surface area contributed by atoms with Crippen LogP contribution in [0.3, 0.4) is 0 Å². The van der Waals surface area contributed by atoms with Gasteiger partial charge in [-0.15, -0.1) is 0 Å². The summed E-state index contributed by atoms with van der Waals surface area (Å²) in [6.07, 6.45) is 8.13. The molecule has 0 heterocycles. The molecule has 29 heavy (non-hydrogen) atoms. The van der Waals surface area contributed by atoms with Gasteiger partial charge in [0.25, 0.3) is 0 Å². The molecule has 1 atom stereocenters. The molecule has 6 nitrogen and oxygen atoms in total. The predicted molar refractivity (Wildman–Crippen MR) is 115 cm³/mol. The van der Waals surface area contributed by atoms with Crippen molar-refractivity contribution in [1.29, 1.82) is 0 Å². The fourth-order valence-corrected chi connectivity index (χ4v) is 4.31. The second kappa shape index (κ2) is 12.4. The van der Waals surface area contributed by atoms with E-state index in [1.807, 2.05) is 13.8 Å². The van der Waals surface area contributed by atoms with Gasteiger partial charge < -0.3 is 19.9 Å². The van der Waals surface area contributed by atoms with Crippen LogP contribution in [-0.2, 0) is 14.3 Å². The highest BCUT2D eigenvalue weighted by Crippen LogP contribution is 2.39. The number of carboxylic acid groups (broad SMARTS) is 1. The SMILES string of the molecule is CCCCCOC(CC(C)C)(OC(=O)NCC1(CC(=O)O)CCCCC1)C(C)C. The van der Waals surface area contributed by atoms with Crippen LogP contribution in [0.1, 0.15) is 98.8 Å². The summed E-state index contributed by atoms with van der Waals surface area (Å²) in [7, 11) is 0. The lowest BCUT2D eigenvalue weighted by Gasteiger charge is -2.39. The standard InChI is InChI=1S/C23H43NO5/c1-6-7-11-14-28-23(19(4)5,15-18(2)3)29-21(27)24-17-22(16-20(25)26)12-9-8-10-13-22/h18-19H,6-17H2,1-5H3,(H,24,27)(H,25,26). The minimum Gasteiger partial charge on any atom is -0.481 e. The van der Waals surface area contributed by atoms with Crippen molar-refractivity contribution in [3.8, 4) is 0 Å². The van der Waals surface area contributed by atoms with Gasteiger partial charge >= 0.3 is 12.1 Å². The Morgan fingerprint density at radius 1 is 1.10 bits per heavy atom. The maximum atomic E-state index is 12.7. The fourth-order valence-electron chi connectivity index (χ4n) is 4.31. The van der Waals surface area contributed by atoms with E-state index in [0.29, 0.717) is 25.5 Å². The third kappa shape index (κ3) is 8.93. The number of unbranched alkanes of at least 4 members (excludes halogenated alkanes) is 2. The summed E-state index contributed by atoms with van der Waals surface area (Å²) in [5.41, 5.74) is -0.371. The number of aliphatic carboxylic acids is 1. The third-order valence-electron chi connectivity index (χ3n) is 5.98. The average molecular weight is 414 g/mol. The largest absolute Gasteiger partial charge is 0.481 e. The molecule has 0 radical (unpaired) electrons. The first-order chi connectivity index (χ1) is 13.6. The number of amides is 1. The molecule has 0 aromatic rings. The Morgan fingerprint density at radius 3 is 2.28 bits per heavy atom. The Bertz CT molecular complexity index is 499. The fraction of sp³-hybridized carbons (Fsp3) is 0.913. The Balaban J connectivity index is 2.79. The highest BCUT2D eigenvalue weighted by atomic mass is 16.7. The molecule has 1 saturated carbocycles. The Morgan fingerprint density at radius 2 is 1.76 bits per heavy atom. The molecule has 1 aliphatic carbocycles. The molecule has 1 aliphatic rings. The van der Waals surface area contributed by atoms with Crippen LogP contribution >= 0.6 is 0 Å². The topological polar surface area (TPSA) is 84.9 Å². The van der Waals surface area contributed by atoms with Gasteiger partial charge in [-0.05, 0) is 30.6 Å². The maximum Gasteiger partial charge on any atom is 0.409 e. The molecule has 0 aromatic carbocycles. The zero-order valence-electron chi connectivity index (χ0n) is 19.2. The zero-order valence-corrected chi connectivity index (χ0v) is 19.2. The normalized spacial score (nSPS) is 18.4. The van der Waals surface area contributed by atoms with Crippen molar-refractivity contribution in [1.82, 2.24) is 5.32 Å². The van der Waals surface area contributed by atoms with E-state index in [1.54, 1.807) is 0 Å². The van der Waals surface area contributed by atoms with Crippen LogP contribution in [0.2, 0.25) is 0 Å². The predicted octanol–water partition coefficient (Wildman–Crippen LogP) is 5.74. The monoisotopic (exact) mass is 413 g/mol. The van der Waals surface area contributed by atoms with Crippen LogP contribution in [-0.4, -0.2) is 36.1 Å². The lowest BCUT2D eigenvalue weighted by Crippen LogP contribution is -2.49. The molecule has 0 spiro atoms. The molecular weight excluding hydrogens is 370 g/mol. The lowest BCUT2D eigenvalue weighted by atomic mass is 9.72. The summed E-state index contributed by atoms with van der Waals surface area (Å²) < 4.78 is 12.1. The van der Waals surface area contributed by atoms with E-state index in [1.165, 1.54) is 0 Å². The van der Waals surface area contributed by atoms with Crippen LogP contribution < -0.4 is 5.32 Å². The summed E-state index contributed by atoms with van der Waals surface area (Å²) in [6, 6.07) is 0. The van der Waals surface area contributed by atoms with E-state index in [9.17, 15) is 14.7 Å². The van der Waals surface area contributed by atoms with Gasteiger partial charge in [-0.1, -0.05) is 66.7 Å². The number of hydrogen-bond donors (Lipinski definition) is 2. The van der Waals surface area contributed by atoms with Gasteiger partial charge in [0, 0.05) is 18.9 Å². The molecule has 1 amide bonds. The molecule has 2 N–H and O–H groups in total. The van der Waals surface area contributed by atoms with Crippen LogP contribution in [0, 0.1) is 17.3 Å². The highest BCUT2D eigenvalue weighted by molar-refractivity contribution is 5.69. The first-order valence-corrected chi connectivity index (χ1v) is 11.5. The summed E-state index contributed by atoms with van der Waals surface area (Å²) in [6.45, 7) is 11.3. The van der Waals surface area contributed by atoms with Crippen LogP contribution in [0.4, 0.5) is 4.79 Å². The van der Waals surface area contributed by atoms with Gasteiger partial charge in [0.1, 0.15) is 0 Å². The molecule has 170 valence electrons. The quantitative estimate of drug-likeness (QED) is 0.297. The summed E-state index contributed by atoms with van der Waals surface area (Å²) in [5.74, 6) is -1.44. The van der Waals surface area contributed by atoms with Crippen molar-refractivity contribution >= 4 is 12.1 Å². The Kier molecular flexibility index (Phi) is 11.0. The zero-order chi connectivity index (χ0) is 21.9. The molecule has 0 bridgehead atoms. The van der Waals surface area contributed by atoms with Gasteiger partial charge in [0.15, 0.2) is 0 Å². The minimum atomic E-state index is -0.960. The summed E-state index contributed by atoms with van der Waals surface area (Å²) in [4.78, 5) is 24.1. The first-order valence-electron chi connectivity index (χ1n) is 11.5. The van der Waals surface area contributed by atoms with E-state index in [2.05, 4.69) is 26.1 Å². The van der Waals surface area contributed by atoms with E-state index < -0.39 is 17.8 Å². The van der Waals surface area contributed by atoms with Gasteiger partial charge in [-0.2, -0.15) is 0 Å². The van der Waals surface area contributed by atoms with E-state index >= 15 is 0 Å². The number of carbonyl (C=O) groups is 2. The molecule has 6 heteroatoms. The van der Waals surface area contributed by atoms with Crippen molar-refractivity contribution in [2.24, 2.45) is 17.3 Å². The van der Waals surface area contributed by atoms with Gasteiger partial charge in [-0.25, -0.2) is 4.79 Å². The average Bonchev–Trinajstić information content (AvgIpc) is 2.63. The summed E-state index contributed by atoms with van der Waals surface area (Å²) in [5, 5.41) is 12.2. The van der Waals surface area contributed by atoms with Crippen LogP contribution in [0.25, 0.3) is 0 Å². The molecule has 1 rings (SSSR count). The van der Waals surface area contributed by atoms with Crippen molar-refractivity contribution in [2.45, 2.75) is 105 Å². The van der Waals surface area contributed by atoms with Crippen molar-refractivity contribution in [3.63, 3.8) is 0 Å². The minimum absolute atomic E-state index is 0.0138. The van der Waals surface area contributed by atoms with Crippen molar-refractivity contribution in [2.75, 3.05) is 13.2 Å². The third-order valence-corrected chi connectivity index (χ3v) is 5.98. The van der Waals surface area contributed by atoms with E-state index in [4.69, 9.17) is 9.47 Å². The Hall–Kier alpha value is -1.30. The molecule has 0 aliphatic heterocycles. The van der Waals surface area contributed by atoms with E-state index in [-0.39, 0.29) is 17.8 Å². The van der Waals surface area contributed by atoms with Crippen molar-refractivity contribution < 1.29 is 24.2 Å². The number of ether oxygens (including phenoxy) is 2. The number of alkyl carbamates (subject to hydrolysis) is 1. The lowest BCUT2D eigenvalue weighted by molar-refractivity contribution is -0.237. The maximum absolute atomic E-state index is 12.7. The number of rotatable bonds is 13. The Labute approximate surface area is 177 Å². The van der Waals surface area contributed by atoms with E-state index in [0.717, 1.165) is 51.4 Å². The summed E-state index contributed by atoms with van der Waals surface area (Å²) >= 11 is 0. The van der Waals surface area contributed by atoms with Crippen LogP contribution in [0.15, 0.2) is 0 Å². The van der Waals surface area contributed by atoms with Crippen LogP contribution in [0.5, 0.6) is 0 Å². The number of nitrogens with one attached hydrogen (secondary N) is 1.